The Morgan fingerprint density at radius 1 is 1.21 bits per heavy atom. The highest BCUT2D eigenvalue weighted by molar-refractivity contribution is 7.46. The smallest absolute Gasteiger partial charge is 0.387 e. The summed E-state index contributed by atoms with van der Waals surface area (Å²) in [6.07, 6.45) is -1.54. The third-order valence-corrected chi connectivity index (χ3v) is 5.31. The van der Waals surface area contributed by atoms with Crippen molar-refractivity contribution in [1.29, 1.82) is 0 Å². The van der Waals surface area contributed by atoms with Crippen molar-refractivity contribution in [3.8, 4) is 0 Å². The Bertz CT molecular complexity index is 876. The van der Waals surface area contributed by atoms with Crippen LogP contribution in [0.5, 0.6) is 0 Å². The molecule has 3 heterocycles. The average molecular weight is 432 g/mol. The predicted octanol–water partition coefficient (Wildman–Crippen LogP) is -0.975. The molecule has 14 heteroatoms. The zero-order valence-electron chi connectivity index (χ0n) is 15.5. The topological polar surface area (TPSA) is 212 Å². The highest BCUT2D eigenvalue weighted by Gasteiger charge is 2.49. The number of aromatic nitrogens is 4. The van der Waals surface area contributed by atoms with E-state index in [1.807, 2.05) is 0 Å². The summed E-state index contributed by atoms with van der Waals surface area (Å²) in [4.78, 5) is 30.5. The zero-order chi connectivity index (χ0) is 21.2. The molecule has 5 atom stereocenters. The molecule has 0 saturated carbocycles. The maximum Gasteiger partial charge on any atom is 0.469 e. The van der Waals surface area contributed by atoms with Crippen LogP contribution >= 0.6 is 7.82 Å². The van der Waals surface area contributed by atoms with Gasteiger partial charge in [-0.2, -0.15) is 0 Å². The molecule has 0 aliphatic carbocycles. The maximum atomic E-state index is 11.4. The van der Waals surface area contributed by atoms with E-state index in [1.165, 1.54) is 17.2 Å². The first kappa shape index (κ1) is 22.0. The van der Waals surface area contributed by atoms with E-state index in [4.69, 9.17) is 20.7 Å². The number of phosphoric acid groups is 1. The van der Waals surface area contributed by atoms with E-state index >= 15 is 0 Å². The van der Waals surface area contributed by atoms with Crippen LogP contribution in [0.25, 0.3) is 11.2 Å². The molecule has 8 N–H and O–H groups in total. The van der Waals surface area contributed by atoms with Gasteiger partial charge in [-0.3, -0.25) is 9.09 Å². The van der Waals surface area contributed by atoms with E-state index in [2.05, 4.69) is 15.0 Å². The highest BCUT2D eigenvalue weighted by atomic mass is 31.2. The Kier molecular flexibility index (Phi) is 6.81. The lowest BCUT2D eigenvalue weighted by Gasteiger charge is -2.26. The molecule has 1 aliphatic heterocycles. The van der Waals surface area contributed by atoms with Gasteiger partial charge < -0.3 is 36.2 Å². The Hall–Kier alpha value is -1.70. The first-order valence-electron chi connectivity index (χ1n) is 9.11. The maximum absolute atomic E-state index is 11.4. The number of hydrogen-bond acceptors (Lipinski definition) is 10. The number of ether oxygens (including phenoxy) is 1. The van der Waals surface area contributed by atoms with E-state index in [0.29, 0.717) is 24.9 Å². The standard InChI is InChI=1S/C15H25N6O7P/c16-5-3-1-2-4-8(28-29(24,25)26)12-10(22)11(23)15(27-12)21-7-20-9-13(17)18-6-19-14(9)21/h6-8,10-12,15,22-23H,1-5,16H2,(H2,17,18,19)(H2,24,25,26)/t8?,10-,11+,12+,15+/m0/s1. The van der Waals surface area contributed by atoms with Crippen molar-refractivity contribution in [2.45, 2.75) is 56.3 Å². The fourth-order valence-electron chi connectivity index (χ4n) is 3.40. The summed E-state index contributed by atoms with van der Waals surface area (Å²) in [5.74, 6) is 0.140. The predicted molar refractivity (Wildman–Crippen MR) is 100 cm³/mol. The van der Waals surface area contributed by atoms with Crippen molar-refractivity contribution in [1.82, 2.24) is 19.5 Å². The van der Waals surface area contributed by atoms with Gasteiger partial charge in [0.15, 0.2) is 17.7 Å². The van der Waals surface area contributed by atoms with Crippen LogP contribution in [0, 0.1) is 0 Å². The number of nitrogens with zero attached hydrogens (tertiary/aromatic N) is 4. The average Bonchev–Trinajstić information content (AvgIpc) is 3.20. The first-order valence-corrected chi connectivity index (χ1v) is 10.6. The molecule has 162 valence electrons. The van der Waals surface area contributed by atoms with Crippen LogP contribution in [0.1, 0.15) is 31.9 Å². The van der Waals surface area contributed by atoms with Gasteiger partial charge >= 0.3 is 7.82 Å². The molecule has 1 fully saturated rings. The van der Waals surface area contributed by atoms with Gasteiger partial charge in [0.25, 0.3) is 0 Å². The van der Waals surface area contributed by atoms with Gasteiger partial charge in [-0.15, -0.1) is 0 Å². The molecular formula is C15H25N6O7P. The van der Waals surface area contributed by atoms with Crippen molar-refractivity contribution in [3.63, 3.8) is 0 Å². The number of rotatable bonds is 9. The Morgan fingerprint density at radius 2 is 1.97 bits per heavy atom. The van der Waals surface area contributed by atoms with E-state index in [1.54, 1.807) is 0 Å². The van der Waals surface area contributed by atoms with Crippen molar-refractivity contribution in [2.24, 2.45) is 5.73 Å². The summed E-state index contributed by atoms with van der Waals surface area (Å²) in [6, 6.07) is 0. The number of aliphatic hydroxyl groups excluding tert-OH is 2. The van der Waals surface area contributed by atoms with Gasteiger partial charge in [0.05, 0.1) is 12.4 Å². The van der Waals surface area contributed by atoms with Crippen LogP contribution in [0.4, 0.5) is 5.82 Å². The molecule has 3 rings (SSSR count). The summed E-state index contributed by atoms with van der Waals surface area (Å²) in [6.45, 7) is 0.492. The van der Waals surface area contributed by atoms with Crippen molar-refractivity contribution < 1.29 is 33.8 Å². The monoisotopic (exact) mass is 432 g/mol. The number of unbranched alkanes of at least 4 members (excludes halogenated alkanes) is 2. The first-order chi connectivity index (χ1) is 13.7. The summed E-state index contributed by atoms with van der Waals surface area (Å²) >= 11 is 0. The van der Waals surface area contributed by atoms with E-state index in [-0.39, 0.29) is 17.9 Å². The van der Waals surface area contributed by atoms with Crippen LogP contribution in [-0.4, -0.2) is 70.5 Å². The van der Waals surface area contributed by atoms with Crippen molar-refractivity contribution >= 4 is 24.8 Å². The van der Waals surface area contributed by atoms with Crippen LogP contribution in [0.15, 0.2) is 12.7 Å². The second-order valence-electron chi connectivity index (χ2n) is 6.83. The zero-order valence-corrected chi connectivity index (χ0v) is 16.4. The third kappa shape index (κ3) is 4.90. The minimum atomic E-state index is -4.86. The van der Waals surface area contributed by atoms with Crippen molar-refractivity contribution in [2.75, 3.05) is 12.3 Å². The van der Waals surface area contributed by atoms with Crippen molar-refractivity contribution in [3.05, 3.63) is 12.7 Å². The number of hydrogen-bond donors (Lipinski definition) is 6. The molecule has 0 amide bonds. The van der Waals surface area contributed by atoms with E-state index in [0.717, 1.165) is 6.42 Å². The second-order valence-corrected chi connectivity index (χ2v) is 8.02. The number of anilines is 1. The van der Waals surface area contributed by atoms with Crippen LogP contribution < -0.4 is 11.5 Å². The molecule has 1 aliphatic rings. The normalized spacial score (nSPS) is 26.2. The molecule has 0 radical (unpaired) electrons. The van der Waals surface area contributed by atoms with Gasteiger partial charge in [-0.05, 0) is 19.4 Å². The number of nitrogen functional groups attached to an aromatic ring is 1. The Balaban J connectivity index is 1.83. The SMILES string of the molecule is NCCCCCC(OP(=O)(O)O)[C@H]1O[C@@H](n2cnc3c(N)ncnc32)[C@H](O)[C@@H]1O. The van der Waals surface area contributed by atoms with E-state index in [9.17, 15) is 24.6 Å². The minimum absolute atomic E-state index is 0.140. The largest absolute Gasteiger partial charge is 0.469 e. The molecular weight excluding hydrogens is 407 g/mol. The van der Waals surface area contributed by atoms with Crippen LogP contribution in [-0.2, 0) is 13.8 Å². The molecule has 0 bridgehead atoms. The molecule has 2 aromatic rings. The van der Waals surface area contributed by atoms with Crippen LogP contribution in [0.2, 0.25) is 0 Å². The number of fused-ring (bicyclic) bond motifs is 1. The Labute approximate surface area is 165 Å². The summed E-state index contributed by atoms with van der Waals surface area (Å²) in [7, 11) is -4.86. The van der Waals surface area contributed by atoms with Gasteiger partial charge in [0.2, 0.25) is 0 Å². The molecule has 1 saturated heterocycles. The van der Waals surface area contributed by atoms with Gasteiger partial charge in [0, 0.05) is 0 Å². The van der Waals surface area contributed by atoms with Crippen LogP contribution in [0.3, 0.4) is 0 Å². The number of imidazole rings is 1. The number of nitrogens with two attached hydrogens (primary N) is 2. The Morgan fingerprint density at radius 3 is 2.66 bits per heavy atom. The fourth-order valence-corrected chi connectivity index (χ4v) is 3.98. The molecule has 1 unspecified atom stereocenters. The number of aliphatic hydroxyl groups is 2. The fraction of sp³-hybridized carbons (Fsp3) is 0.667. The molecule has 29 heavy (non-hydrogen) atoms. The molecule has 13 nitrogen and oxygen atoms in total. The second kappa shape index (κ2) is 8.98. The molecule has 0 spiro atoms. The lowest BCUT2D eigenvalue weighted by Crippen LogP contribution is -2.39. The summed E-state index contributed by atoms with van der Waals surface area (Å²) in [5.41, 5.74) is 11.8. The molecule has 2 aromatic heterocycles. The number of phosphoric ester groups is 1. The summed E-state index contributed by atoms with van der Waals surface area (Å²) < 4.78 is 23.4. The quantitative estimate of drug-likeness (QED) is 0.208. The summed E-state index contributed by atoms with van der Waals surface area (Å²) in [5, 5.41) is 21.0. The van der Waals surface area contributed by atoms with Gasteiger partial charge in [-0.1, -0.05) is 12.8 Å². The highest BCUT2D eigenvalue weighted by Crippen LogP contribution is 2.43. The van der Waals surface area contributed by atoms with Gasteiger partial charge in [-0.25, -0.2) is 19.5 Å². The van der Waals surface area contributed by atoms with Gasteiger partial charge in [0.1, 0.15) is 30.2 Å². The van der Waals surface area contributed by atoms with E-state index < -0.39 is 38.5 Å². The molecule has 0 aromatic carbocycles. The third-order valence-electron chi connectivity index (χ3n) is 4.77. The lowest BCUT2D eigenvalue weighted by molar-refractivity contribution is -0.0833. The lowest BCUT2D eigenvalue weighted by atomic mass is 10.0. The minimum Gasteiger partial charge on any atom is -0.387 e.